The fourth-order valence-electron chi connectivity index (χ4n) is 3.50. The van der Waals surface area contributed by atoms with Gasteiger partial charge in [0.15, 0.2) is 0 Å². The number of aromatic nitrogens is 2. The fraction of sp³-hybridized carbons (Fsp3) is 0.562. The van der Waals surface area contributed by atoms with E-state index in [1.54, 1.807) is 0 Å². The third kappa shape index (κ3) is 2.29. The molecule has 1 aliphatic rings. The van der Waals surface area contributed by atoms with Gasteiger partial charge in [-0.15, -0.1) is 0 Å². The summed E-state index contributed by atoms with van der Waals surface area (Å²) >= 11 is 0. The number of hydrogen-bond acceptors (Lipinski definition) is 3. The van der Waals surface area contributed by atoms with E-state index in [9.17, 15) is 5.11 Å². The van der Waals surface area contributed by atoms with E-state index >= 15 is 0 Å². The molecule has 3 rings (SSSR count). The molecule has 0 radical (unpaired) electrons. The first kappa shape index (κ1) is 13.4. The summed E-state index contributed by atoms with van der Waals surface area (Å²) in [4.78, 5) is 4.54. The standard InChI is InChI=1S/C16H23N3O/c1-2-11-3-6-13(7-4-11)19-15-8-5-12(17)9-14(15)18-16(19)10-20/h5,8-9,11,13,20H,2-4,6-7,10,17H2,1H3. The first-order valence-corrected chi connectivity index (χ1v) is 7.60. The summed E-state index contributed by atoms with van der Waals surface area (Å²) in [7, 11) is 0. The molecule has 0 amide bonds. The summed E-state index contributed by atoms with van der Waals surface area (Å²) in [6.45, 7) is 2.27. The second-order valence-electron chi connectivity index (χ2n) is 5.89. The summed E-state index contributed by atoms with van der Waals surface area (Å²) in [5, 5.41) is 9.60. The number of fused-ring (bicyclic) bond motifs is 1. The molecule has 108 valence electrons. The van der Waals surface area contributed by atoms with Crippen molar-refractivity contribution in [1.29, 1.82) is 0 Å². The molecule has 20 heavy (non-hydrogen) atoms. The van der Waals surface area contributed by atoms with Gasteiger partial charge in [0.25, 0.3) is 0 Å². The molecule has 1 aliphatic carbocycles. The number of aliphatic hydroxyl groups is 1. The zero-order chi connectivity index (χ0) is 14.1. The number of hydrogen-bond donors (Lipinski definition) is 2. The number of imidazole rings is 1. The van der Waals surface area contributed by atoms with E-state index < -0.39 is 0 Å². The number of benzene rings is 1. The lowest BCUT2D eigenvalue weighted by molar-refractivity contribution is 0.236. The van der Waals surface area contributed by atoms with Gasteiger partial charge in [0, 0.05) is 11.7 Å². The average molecular weight is 273 g/mol. The van der Waals surface area contributed by atoms with E-state index in [0.717, 1.165) is 28.5 Å². The van der Waals surface area contributed by atoms with E-state index in [1.165, 1.54) is 32.1 Å². The highest BCUT2D eigenvalue weighted by molar-refractivity contribution is 5.79. The number of nitrogens with two attached hydrogens (primary N) is 1. The summed E-state index contributed by atoms with van der Waals surface area (Å²) in [6.07, 6.45) is 6.20. The van der Waals surface area contributed by atoms with Gasteiger partial charge in [0.05, 0.1) is 11.0 Å². The molecular formula is C16H23N3O. The maximum atomic E-state index is 9.60. The molecule has 1 fully saturated rings. The number of aliphatic hydroxyl groups excluding tert-OH is 1. The largest absolute Gasteiger partial charge is 0.399 e. The van der Waals surface area contributed by atoms with Crippen LogP contribution < -0.4 is 5.73 Å². The minimum atomic E-state index is -0.0116. The molecular weight excluding hydrogens is 250 g/mol. The molecule has 0 unspecified atom stereocenters. The molecule has 1 saturated carbocycles. The Balaban J connectivity index is 1.97. The quantitative estimate of drug-likeness (QED) is 0.844. The van der Waals surface area contributed by atoms with Gasteiger partial charge in [0.2, 0.25) is 0 Å². The van der Waals surface area contributed by atoms with Crippen molar-refractivity contribution in [3.05, 3.63) is 24.0 Å². The van der Waals surface area contributed by atoms with Crippen LogP contribution in [-0.4, -0.2) is 14.7 Å². The van der Waals surface area contributed by atoms with Crippen LogP contribution in [0.1, 0.15) is 50.9 Å². The first-order chi connectivity index (χ1) is 9.72. The lowest BCUT2D eigenvalue weighted by Crippen LogP contribution is -2.19. The smallest absolute Gasteiger partial charge is 0.135 e. The van der Waals surface area contributed by atoms with Crippen molar-refractivity contribution in [2.24, 2.45) is 5.92 Å². The predicted molar refractivity (Wildman–Crippen MR) is 81.4 cm³/mol. The van der Waals surface area contributed by atoms with Crippen molar-refractivity contribution < 1.29 is 5.11 Å². The normalized spacial score (nSPS) is 23.3. The van der Waals surface area contributed by atoms with Gasteiger partial charge < -0.3 is 15.4 Å². The van der Waals surface area contributed by atoms with E-state index in [1.807, 2.05) is 18.2 Å². The Morgan fingerprint density at radius 2 is 2.05 bits per heavy atom. The van der Waals surface area contributed by atoms with Crippen molar-refractivity contribution in [1.82, 2.24) is 9.55 Å². The van der Waals surface area contributed by atoms with Gasteiger partial charge in [-0.3, -0.25) is 0 Å². The molecule has 0 spiro atoms. The lowest BCUT2D eigenvalue weighted by Gasteiger charge is -2.30. The molecule has 4 nitrogen and oxygen atoms in total. The highest BCUT2D eigenvalue weighted by Crippen LogP contribution is 2.36. The van der Waals surface area contributed by atoms with Crippen molar-refractivity contribution in [2.75, 3.05) is 5.73 Å². The summed E-state index contributed by atoms with van der Waals surface area (Å²) in [6, 6.07) is 6.30. The van der Waals surface area contributed by atoms with Crippen LogP contribution >= 0.6 is 0 Å². The molecule has 0 aliphatic heterocycles. The molecule has 0 saturated heterocycles. The summed E-state index contributed by atoms with van der Waals surface area (Å²) in [5.74, 6) is 1.64. The van der Waals surface area contributed by atoms with Crippen molar-refractivity contribution in [3.8, 4) is 0 Å². The highest BCUT2D eigenvalue weighted by atomic mass is 16.3. The molecule has 0 atom stereocenters. The second-order valence-corrected chi connectivity index (χ2v) is 5.89. The number of rotatable bonds is 3. The van der Waals surface area contributed by atoms with Crippen LogP contribution in [0.5, 0.6) is 0 Å². The fourth-order valence-corrected chi connectivity index (χ4v) is 3.50. The monoisotopic (exact) mass is 273 g/mol. The number of anilines is 1. The van der Waals surface area contributed by atoms with Crippen LogP contribution in [0.3, 0.4) is 0 Å². The lowest BCUT2D eigenvalue weighted by atomic mass is 9.84. The van der Waals surface area contributed by atoms with Crippen LogP contribution in [0.25, 0.3) is 11.0 Å². The SMILES string of the molecule is CCC1CCC(n2c(CO)nc3cc(N)ccc32)CC1. The highest BCUT2D eigenvalue weighted by Gasteiger charge is 2.24. The molecule has 1 aromatic heterocycles. The Morgan fingerprint density at radius 3 is 2.70 bits per heavy atom. The number of nitrogen functional groups attached to an aromatic ring is 1. The molecule has 0 bridgehead atoms. The third-order valence-electron chi connectivity index (χ3n) is 4.69. The molecule has 1 heterocycles. The molecule has 2 aromatic rings. The average Bonchev–Trinajstić information content (AvgIpc) is 2.84. The second kappa shape index (κ2) is 5.44. The van der Waals surface area contributed by atoms with Crippen LogP contribution in [0.4, 0.5) is 5.69 Å². The summed E-state index contributed by atoms with van der Waals surface area (Å²) < 4.78 is 2.24. The number of nitrogens with zero attached hydrogens (tertiary/aromatic N) is 2. The maximum absolute atomic E-state index is 9.60. The molecule has 4 heteroatoms. The minimum Gasteiger partial charge on any atom is -0.399 e. The summed E-state index contributed by atoms with van der Waals surface area (Å²) in [5.41, 5.74) is 8.55. The van der Waals surface area contributed by atoms with Crippen LogP contribution in [-0.2, 0) is 6.61 Å². The maximum Gasteiger partial charge on any atom is 0.135 e. The Bertz CT molecular complexity index is 597. The van der Waals surface area contributed by atoms with Gasteiger partial charge in [-0.05, 0) is 49.8 Å². The van der Waals surface area contributed by atoms with Gasteiger partial charge in [-0.1, -0.05) is 13.3 Å². The molecule has 3 N–H and O–H groups in total. The zero-order valence-corrected chi connectivity index (χ0v) is 12.0. The van der Waals surface area contributed by atoms with E-state index in [2.05, 4.69) is 16.5 Å². The van der Waals surface area contributed by atoms with Crippen LogP contribution in [0, 0.1) is 5.92 Å². The predicted octanol–water partition coefficient (Wildman–Crippen LogP) is 3.25. The minimum absolute atomic E-state index is 0.0116. The van der Waals surface area contributed by atoms with E-state index in [0.29, 0.717) is 6.04 Å². The zero-order valence-electron chi connectivity index (χ0n) is 12.0. The third-order valence-corrected chi connectivity index (χ3v) is 4.69. The van der Waals surface area contributed by atoms with E-state index in [4.69, 9.17) is 5.73 Å². The Kier molecular flexibility index (Phi) is 3.66. The Morgan fingerprint density at radius 1 is 1.30 bits per heavy atom. The van der Waals surface area contributed by atoms with Gasteiger partial charge in [-0.25, -0.2) is 4.98 Å². The topological polar surface area (TPSA) is 64.1 Å². The van der Waals surface area contributed by atoms with Crippen molar-refractivity contribution >= 4 is 16.7 Å². The molecule has 1 aromatic carbocycles. The van der Waals surface area contributed by atoms with Crippen molar-refractivity contribution in [2.45, 2.75) is 51.7 Å². The van der Waals surface area contributed by atoms with Crippen LogP contribution in [0.2, 0.25) is 0 Å². The first-order valence-electron chi connectivity index (χ1n) is 7.60. The van der Waals surface area contributed by atoms with Gasteiger partial charge in [0.1, 0.15) is 12.4 Å². The van der Waals surface area contributed by atoms with Gasteiger partial charge >= 0.3 is 0 Å². The van der Waals surface area contributed by atoms with Crippen LogP contribution in [0.15, 0.2) is 18.2 Å². The Labute approximate surface area is 119 Å². The van der Waals surface area contributed by atoms with E-state index in [-0.39, 0.29) is 6.61 Å². The Hall–Kier alpha value is -1.55. The van der Waals surface area contributed by atoms with Gasteiger partial charge in [-0.2, -0.15) is 0 Å². The van der Waals surface area contributed by atoms with Crippen molar-refractivity contribution in [3.63, 3.8) is 0 Å².